The molecule has 1 N–H and O–H groups in total. The summed E-state index contributed by atoms with van der Waals surface area (Å²) in [5, 5.41) is 5.07. The lowest BCUT2D eigenvalue weighted by molar-refractivity contribution is 0.0482. The van der Waals surface area contributed by atoms with E-state index in [0.717, 1.165) is 63.7 Å². The Hall–Kier alpha value is -1.79. The summed E-state index contributed by atoms with van der Waals surface area (Å²) >= 11 is 7.87. The van der Waals surface area contributed by atoms with E-state index in [1.54, 1.807) is 18.5 Å². The lowest BCUT2D eigenvalue weighted by Crippen LogP contribution is -2.60. The number of anilines is 2. The van der Waals surface area contributed by atoms with Crippen LogP contribution in [0.2, 0.25) is 5.02 Å². The normalized spacial score (nSPS) is 21.4. The SMILES string of the molecule is CSNc1ccn(C(=O)N2CCN(Cc3ccc(Cl)cc3N3CCC4(CC3)CN(S(C)=O)C4)CC2)n1. The van der Waals surface area contributed by atoms with E-state index in [1.165, 1.54) is 27.9 Å². The molecule has 0 radical (unpaired) electrons. The van der Waals surface area contributed by atoms with Crippen LogP contribution in [0.5, 0.6) is 0 Å². The summed E-state index contributed by atoms with van der Waals surface area (Å²) in [7, 11) is -0.860. The highest BCUT2D eigenvalue weighted by molar-refractivity contribution is 7.99. The number of amides is 1. The molecule has 12 heteroatoms. The van der Waals surface area contributed by atoms with Gasteiger partial charge in [-0.05, 0) is 30.5 Å². The Bertz CT molecular complexity index is 1110. The Kier molecular flexibility index (Phi) is 7.83. The Morgan fingerprint density at radius 2 is 1.86 bits per heavy atom. The molecule has 3 saturated heterocycles. The smallest absolute Gasteiger partial charge is 0.344 e. The highest BCUT2D eigenvalue weighted by Gasteiger charge is 2.46. The summed E-state index contributed by atoms with van der Waals surface area (Å²) in [5.41, 5.74) is 2.82. The average Bonchev–Trinajstić information content (AvgIpc) is 3.32. The van der Waals surface area contributed by atoms with Crippen LogP contribution in [0.4, 0.5) is 16.3 Å². The van der Waals surface area contributed by atoms with E-state index in [1.807, 2.05) is 17.2 Å². The summed E-state index contributed by atoms with van der Waals surface area (Å²) in [6.07, 6.45) is 7.64. The van der Waals surface area contributed by atoms with Gasteiger partial charge in [-0.3, -0.25) is 4.90 Å². The molecule has 196 valence electrons. The van der Waals surface area contributed by atoms with Crippen LogP contribution in [0, 0.1) is 5.41 Å². The zero-order valence-electron chi connectivity index (χ0n) is 20.9. The van der Waals surface area contributed by atoms with Crippen LogP contribution < -0.4 is 9.62 Å². The van der Waals surface area contributed by atoms with Gasteiger partial charge in [0.25, 0.3) is 0 Å². The van der Waals surface area contributed by atoms with Gasteiger partial charge in [-0.15, -0.1) is 5.10 Å². The molecule has 2 aromatic rings. The van der Waals surface area contributed by atoms with Crippen molar-refractivity contribution in [2.24, 2.45) is 5.41 Å². The van der Waals surface area contributed by atoms with Gasteiger partial charge in [0.05, 0.1) is 11.0 Å². The van der Waals surface area contributed by atoms with Gasteiger partial charge in [-0.1, -0.05) is 29.6 Å². The van der Waals surface area contributed by atoms with Crippen molar-refractivity contribution in [3.63, 3.8) is 0 Å². The summed E-state index contributed by atoms with van der Waals surface area (Å²) in [4.78, 5) is 19.6. The summed E-state index contributed by atoms with van der Waals surface area (Å²) in [5.74, 6) is 0.684. The molecule has 3 fully saturated rings. The van der Waals surface area contributed by atoms with E-state index < -0.39 is 11.0 Å². The molecule has 1 aromatic heterocycles. The molecule has 1 unspecified atom stereocenters. The molecule has 3 aliphatic heterocycles. The van der Waals surface area contributed by atoms with Gasteiger partial charge >= 0.3 is 6.03 Å². The van der Waals surface area contributed by atoms with E-state index >= 15 is 0 Å². The van der Waals surface area contributed by atoms with Crippen molar-refractivity contribution in [1.29, 1.82) is 0 Å². The second-order valence-electron chi connectivity index (χ2n) is 9.98. The van der Waals surface area contributed by atoms with Gasteiger partial charge in [0.1, 0.15) is 0 Å². The Balaban J connectivity index is 1.17. The first-order chi connectivity index (χ1) is 17.4. The molecule has 1 amide bonds. The van der Waals surface area contributed by atoms with E-state index in [4.69, 9.17) is 11.6 Å². The zero-order chi connectivity index (χ0) is 25.3. The quantitative estimate of drug-likeness (QED) is 0.552. The number of nitrogens with one attached hydrogen (secondary N) is 1. The third-order valence-electron chi connectivity index (χ3n) is 7.63. The standard InChI is InChI=1S/C24H34ClN7O2S2/c1-35-27-22-5-8-32(26-22)23(33)30-13-11-28(12-14-30)16-19-3-4-20(25)15-21(19)29-9-6-24(7-10-29)17-31(18-24)36(2)34/h3-5,8,15H,6-7,9-14,16-18H2,1-2H3,(H,26,27). The number of hydrogen-bond acceptors (Lipinski definition) is 7. The van der Waals surface area contributed by atoms with Gasteiger partial charge < -0.3 is 14.5 Å². The molecule has 1 aromatic carbocycles. The lowest BCUT2D eigenvalue weighted by atomic mass is 9.73. The fraction of sp³-hybridized carbons (Fsp3) is 0.583. The molecule has 9 nitrogen and oxygen atoms in total. The first-order valence-corrected chi connectivity index (χ1v) is 15.5. The third kappa shape index (κ3) is 5.55. The van der Waals surface area contributed by atoms with E-state index in [9.17, 15) is 9.00 Å². The van der Waals surface area contributed by atoms with Crippen LogP contribution in [-0.2, 0) is 17.5 Å². The van der Waals surface area contributed by atoms with E-state index in [0.29, 0.717) is 24.3 Å². The van der Waals surface area contributed by atoms with Crippen LogP contribution in [0.3, 0.4) is 0 Å². The highest BCUT2D eigenvalue weighted by Crippen LogP contribution is 2.42. The Morgan fingerprint density at radius 3 is 2.53 bits per heavy atom. The minimum Gasteiger partial charge on any atom is -0.371 e. The molecule has 0 saturated carbocycles. The largest absolute Gasteiger partial charge is 0.371 e. The number of carbonyl (C=O) groups is 1. The maximum atomic E-state index is 12.9. The molecule has 0 aliphatic carbocycles. The molecule has 1 spiro atoms. The highest BCUT2D eigenvalue weighted by atomic mass is 35.5. The number of piperazine rings is 1. The summed E-state index contributed by atoms with van der Waals surface area (Å²) in [6.45, 7) is 7.71. The molecule has 1 atom stereocenters. The molecular formula is C24H34ClN7O2S2. The number of rotatable bonds is 6. The zero-order valence-corrected chi connectivity index (χ0v) is 23.2. The molecule has 36 heavy (non-hydrogen) atoms. The van der Waals surface area contributed by atoms with Crippen molar-refractivity contribution < 1.29 is 9.00 Å². The van der Waals surface area contributed by atoms with Crippen LogP contribution in [0.1, 0.15) is 18.4 Å². The number of nitrogens with zero attached hydrogens (tertiary/aromatic N) is 6. The van der Waals surface area contributed by atoms with Crippen LogP contribution in [-0.4, -0.2) is 99.0 Å². The minimum atomic E-state index is -0.860. The number of halogens is 1. The maximum Gasteiger partial charge on any atom is 0.344 e. The maximum absolute atomic E-state index is 12.9. The topological polar surface area (TPSA) is 77.0 Å². The van der Waals surface area contributed by atoms with Crippen molar-refractivity contribution in [1.82, 2.24) is 23.9 Å². The van der Waals surface area contributed by atoms with Crippen LogP contribution in [0.15, 0.2) is 30.5 Å². The van der Waals surface area contributed by atoms with Gasteiger partial charge in [-0.25, -0.2) is 13.3 Å². The van der Waals surface area contributed by atoms with Gasteiger partial charge in [0, 0.05) is 99.8 Å². The van der Waals surface area contributed by atoms with Crippen molar-refractivity contribution in [2.75, 3.05) is 74.5 Å². The molecule has 3 aliphatic rings. The number of piperidine rings is 1. The number of benzene rings is 1. The fourth-order valence-corrected chi connectivity index (χ4v) is 6.86. The lowest BCUT2D eigenvalue weighted by Gasteiger charge is -2.53. The van der Waals surface area contributed by atoms with Crippen LogP contribution in [0.25, 0.3) is 0 Å². The first-order valence-electron chi connectivity index (χ1n) is 12.3. The average molecular weight is 552 g/mol. The van der Waals surface area contributed by atoms with Crippen molar-refractivity contribution in [2.45, 2.75) is 19.4 Å². The van der Waals surface area contributed by atoms with E-state index in [-0.39, 0.29) is 6.03 Å². The summed E-state index contributed by atoms with van der Waals surface area (Å²) in [6, 6.07) is 7.94. The second-order valence-corrected chi connectivity index (χ2v) is 12.4. The third-order valence-corrected chi connectivity index (χ3v) is 9.26. The monoisotopic (exact) mass is 551 g/mol. The molecule has 5 rings (SSSR count). The first kappa shape index (κ1) is 25.8. The van der Waals surface area contributed by atoms with Crippen molar-refractivity contribution >= 4 is 52.1 Å². The minimum absolute atomic E-state index is 0.0836. The summed E-state index contributed by atoms with van der Waals surface area (Å²) < 4.78 is 18.3. The van der Waals surface area contributed by atoms with Gasteiger partial charge in [-0.2, -0.15) is 4.68 Å². The predicted molar refractivity (Wildman–Crippen MR) is 148 cm³/mol. The van der Waals surface area contributed by atoms with Crippen molar-refractivity contribution in [3.05, 3.63) is 41.0 Å². The number of aromatic nitrogens is 2. The second kappa shape index (κ2) is 10.9. The predicted octanol–water partition coefficient (Wildman–Crippen LogP) is 3.21. The molecule has 0 bridgehead atoms. The fourth-order valence-electron chi connectivity index (χ4n) is 5.46. The van der Waals surface area contributed by atoms with Crippen LogP contribution >= 0.6 is 23.5 Å². The Labute approximate surface area is 224 Å². The molecular weight excluding hydrogens is 518 g/mol. The Morgan fingerprint density at radius 1 is 1.14 bits per heavy atom. The van der Waals surface area contributed by atoms with E-state index in [2.05, 4.69) is 36.1 Å². The molecule has 4 heterocycles. The van der Waals surface area contributed by atoms with Gasteiger partial charge in [0.2, 0.25) is 0 Å². The number of hydrogen-bond donors (Lipinski definition) is 1. The van der Waals surface area contributed by atoms with Crippen molar-refractivity contribution in [3.8, 4) is 0 Å². The number of carbonyl (C=O) groups excluding carboxylic acids is 1. The van der Waals surface area contributed by atoms with Gasteiger partial charge in [0.15, 0.2) is 5.82 Å².